The SMILES string of the molecule is CCNC1CCC(C)CC1Cc1cncs1. The van der Waals surface area contributed by atoms with E-state index in [0.717, 1.165) is 24.4 Å². The lowest BCUT2D eigenvalue weighted by atomic mass is 9.77. The molecule has 0 saturated heterocycles. The molecule has 1 aliphatic rings. The molecule has 1 aliphatic carbocycles. The van der Waals surface area contributed by atoms with Crippen molar-refractivity contribution in [1.82, 2.24) is 10.3 Å². The van der Waals surface area contributed by atoms with Gasteiger partial charge in [-0.25, -0.2) is 0 Å². The molecule has 0 aliphatic heterocycles. The zero-order valence-electron chi connectivity index (χ0n) is 10.3. The van der Waals surface area contributed by atoms with Gasteiger partial charge in [-0.2, -0.15) is 0 Å². The molecule has 1 aromatic heterocycles. The summed E-state index contributed by atoms with van der Waals surface area (Å²) in [6.45, 7) is 5.70. The summed E-state index contributed by atoms with van der Waals surface area (Å²) in [6.07, 6.45) is 7.35. The molecule has 2 nitrogen and oxygen atoms in total. The van der Waals surface area contributed by atoms with Crippen LogP contribution in [0.5, 0.6) is 0 Å². The fourth-order valence-electron chi connectivity index (χ4n) is 2.86. The van der Waals surface area contributed by atoms with Crippen LogP contribution in [-0.4, -0.2) is 17.6 Å². The van der Waals surface area contributed by atoms with Gasteiger partial charge in [0, 0.05) is 17.1 Å². The van der Waals surface area contributed by atoms with Gasteiger partial charge >= 0.3 is 0 Å². The molecule has 1 heterocycles. The van der Waals surface area contributed by atoms with E-state index < -0.39 is 0 Å². The quantitative estimate of drug-likeness (QED) is 0.872. The predicted octanol–water partition coefficient (Wildman–Crippen LogP) is 3.10. The maximum absolute atomic E-state index is 4.18. The van der Waals surface area contributed by atoms with Gasteiger partial charge in [-0.05, 0) is 44.1 Å². The van der Waals surface area contributed by atoms with Gasteiger partial charge in [-0.3, -0.25) is 4.98 Å². The number of hydrogen-bond acceptors (Lipinski definition) is 3. The molecule has 1 N–H and O–H groups in total. The van der Waals surface area contributed by atoms with Crippen LogP contribution in [0.4, 0.5) is 0 Å². The van der Waals surface area contributed by atoms with Crippen LogP contribution in [0.3, 0.4) is 0 Å². The highest BCUT2D eigenvalue weighted by molar-refractivity contribution is 7.09. The maximum Gasteiger partial charge on any atom is 0.0794 e. The third kappa shape index (κ3) is 3.05. The number of nitrogens with one attached hydrogen (secondary N) is 1. The Morgan fingerprint density at radius 2 is 2.38 bits per heavy atom. The lowest BCUT2D eigenvalue weighted by Crippen LogP contribution is -2.41. The van der Waals surface area contributed by atoms with Crippen LogP contribution in [0.15, 0.2) is 11.7 Å². The first-order chi connectivity index (χ1) is 7.79. The smallest absolute Gasteiger partial charge is 0.0794 e. The minimum atomic E-state index is 0.725. The van der Waals surface area contributed by atoms with Crippen LogP contribution in [0.1, 0.15) is 38.0 Å². The number of nitrogens with zero attached hydrogens (tertiary/aromatic N) is 1. The van der Waals surface area contributed by atoms with E-state index in [1.807, 2.05) is 11.7 Å². The van der Waals surface area contributed by atoms with Gasteiger partial charge < -0.3 is 5.32 Å². The monoisotopic (exact) mass is 238 g/mol. The van der Waals surface area contributed by atoms with Crippen LogP contribution in [0.25, 0.3) is 0 Å². The molecule has 0 aromatic carbocycles. The Hall–Kier alpha value is -0.410. The van der Waals surface area contributed by atoms with E-state index in [1.54, 1.807) is 11.3 Å². The van der Waals surface area contributed by atoms with Crippen molar-refractivity contribution in [2.45, 2.75) is 45.6 Å². The van der Waals surface area contributed by atoms with Crippen molar-refractivity contribution in [1.29, 1.82) is 0 Å². The van der Waals surface area contributed by atoms with Gasteiger partial charge in [0.2, 0.25) is 0 Å². The summed E-state index contributed by atoms with van der Waals surface area (Å²) in [5.41, 5.74) is 1.95. The molecule has 90 valence electrons. The highest BCUT2D eigenvalue weighted by atomic mass is 32.1. The van der Waals surface area contributed by atoms with E-state index >= 15 is 0 Å². The summed E-state index contributed by atoms with van der Waals surface area (Å²) in [5, 5.41) is 3.65. The Bertz CT molecular complexity index is 297. The predicted molar refractivity (Wildman–Crippen MR) is 69.8 cm³/mol. The summed E-state index contributed by atoms with van der Waals surface area (Å²) in [7, 11) is 0. The molecule has 0 spiro atoms. The van der Waals surface area contributed by atoms with E-state index in [9.17, 15) is 0 Å². The summed E-state index contributed by atoms with van der Waals surface area (Å²) >= 11 is 1.80. The van der Waals surface area contributed by atoms with Crippen LogP contribution in [-0.2, 0) is 6.42 Å². The molecule has 1 aromatic rings. The van der Waals surface area contributed by atoms with Gasteiger partial charge in [-0.15, -0.1) is 11.3 Å². The normalized spacial score (nSPS) is 30.5. The minimum absolute atomic E-state index is 0.725. The van der Waals surface area contributed by atoms with E-state index in [0.29, 0.717) is 0 Å². The Kier molecular flexibility index (Phi) is 4.36. The first-order valence-electron chi connectivity index (χ1n) is 6.40. The zero-order chi connectivity index (χ0) is 11.4. The molecule has 16 heavy (non-hydrogen) atoms. The molecule has 1 saturated carbocycles. The Labute approximate surface area is 102 Å². The Morgan fingerprint density at radius 1 is 1.50 bits per heavy atom. The number of hydrogen-bond donors (Lipinski definition) is 1. The molecule has 0 bridgehead atoms. The average molecular weight is 238 g/mol. The highest BCUT2D eigenvalue weighted by Gasteiger charge is 2.28. The second kappa shape index (κ2) is 5.78. The molecular formula is C13H22N2S. The molecule has 0 amide bonds. The second-order valence-electron chi connectivity index (χ2n) is 5.01. The van der Waals surface area contributed by atoms with E-state index in [4.69, 9.17) is 0 Å². The van der Waals surface area contributed by atoms with Crippen molar-refractivity contribution in [3.63, 3.8) is 0 Å². The zero-order valence-corrected chi connectivity index (χ0v) is 11.1. The molecule has 3 atom stereocenters. The largest absolute Gasteiger partial charge is 0.314 e. The maximum atomic E-state index is 4.18. The highest BCUT2D eigenvalue weighted by Crippen LogP contribution is 2.32. The summed E-state index contributed by atoms with van der Waals surface area (Å²) in [5.74, 6) is 1.71. The van der Waals surface area contributed by atoms with E-state index in [1.165, 1.54) is 30.6 Å². The molecule has 1 fully saturated rings. The summed E-state index contributed by atoms with van der Waals surface area (Å²) in [6, 6.07) is 0.725. The molecule has 3 heteroatoms. The standard InChI is InChI=1S/C13H22N2S/c1-3-15-13-5-4-10(2)6-11(13)7-12-8-14-9-16-12/h8-11,13,15H,3-7H2,1-2H3. The van der Waals surface area contributed by atoms with Crippen molar-refractivity contribution < 1.29 is 0 Å². The summed E-state index contributed by atoms with van der Waals surface area (Å²) in [4.78, 5) is 5.62. The van der Waals surface area contributed by atoms with Crippen molar-refractivity contribution in [3.8, 4) is 0 Å². The minimum Gasteiger partial charge on any atom is -0.314 e. The van der Waals surface area contributed by atoms with Crippen molar-refractivity contribution in [2.24, 2.45) is 11.8 Å². The van der Waals surface area contributed by atoms with Crippen molar-refractivity contribution in [3.05, 3.63) is 16.6 Å². The molecular weight excluding hydrogens is 216 g/mol. The van der Waals surface area contributed by atoms with Crippen LogP contribution in [0, 0.1) is 11.8 Å². The van der Waals surface area contributed by atoms with Crippen LogP contribution in [0.2, 0.25) is 0 Å². The lowest BCUT2D eigenvalue weighted by Gasteiger charge is -2.35. The average Bonchev–Trinajstić information content (AvgIpc) is 2.75. The topological polar surface area (TPSA) is 24.9 Å². The van der Waals surface area contributed by atoms with Gasteiger partial charge in [0.05, 0.1) is 5.51 Å². The Balaban J connectivity index is 1.96. The third-order valence-electron chi connectivity index (χ3n) is 3.66. The van der Waals surface area contributed by atoms with Crippen molar-refractivity contribution >= 4 is 11.3 Å². The van der Waals surface area contributed by atoms with Crippen molar-refractivity contribution in [2.75, 3.05) is 6.54 Å². The number of thiazole rings is 1. The van der Waals surface area contributed by atoms with E-state index in [2.05, 4.69) is 24.1 Å². The lowest BCUT2D eigenvalue weighted by molar-refractivity contribution is 0.215. The molecule has 0 radical (unpaired) electrons. The number of rotatable bonds is 4. The number of aromatic nitrogens is 1. The van der Waals surface area contributed by atoms with Gasteiger partial charge in [0.1, 0.15) is 0 Å². The van der Waals surface area contributed by atoms with E-state index in [-0.39, 0.29) is 0 Å². The first-order valence-corrected chi connectivity index (χ1v) is 7.28. The fraction of sp³-hybridized carbons (Fsp3) is 0.769. The second-order valence-corrected chi connectivity index (χ2v) is 5.99. The van der Waals surface area contributed by atoms with Gasteiger partial charge in [0.15, 0.2) is 0 Å². The molecule has 3 unspecified atom stereocenters. The van der Waals surface area contributed by atoms with Gasteiger partial charge in [0.25, 0.3) is 0 Å². The van der Waals surface area contributed by atoms with Gasteiger partial charge in [-0.1, -0.05) is 13.8 Å². The Morgan fingerprint density at radius 3 is 3.06 bits per heavy atom. The summed E-state index contributed by atoms with van der Waals surface area (Å²) < 4.78 is 0. The molecule has 2 rings (SSSR count). The van der Waals surface area contributed by atoms with Crippen LogP contribution >= 0.6 is 11.3 Å². The third-order valence-corrected chi connectivity index (χ3v) is 4.46. The fourth-order valence-corrected chi connectivity index (χ4v) is 3.55. The van der Waals surface area contributed by atoms with Crippen LogP contribution < -0.4 is 5.32 Å². The first kappa shape index (κ1) is 12.1.